The van der Waals surface area contributed by atoms with E-state index in [1.807, 2.05) is 0 Å². The normalized spacial score (nSPS) is 15.2. The van der Waals surface area contributed by atoms with Crippen molar-refractivity contribution in [2.45, 2.75) is 56.5 Å². The number of aromatic nitrogens is 2. The van der Waals surface area contributed by atoms with E-state index in [1.54, 1.807) is 23.9 Å². The van der Waals surface area contributed by atoms with Gasteiger partial charge in [0.05, 0.1) is 5.69 Å². The van der Waals surface area contributed by atoms with Crippen molar-refractivity contribution in [3.63, 3.8) is 0 Å². The van der Waals surface area contributed by atoms with Gasteiger partial charge in [0.1, 0.15) is 11.3 Å². The van der Waals surface area contributed by atoms with Gasteiger partial charge in [0.2, 0.25) is 0 Å². The van der Waals surface area contributed by atoms with Gasteiger partial charge in [-0.25, -0.2) is 9.78 Å². The van der Waals surface area contributed by atoms with Gasteiger partial charge in [0.25, 0.3) is 0 Å². The van der Waals surface area contributed by atoms with Crippen LogP contribution in [-0.4, -0.2) is 14.7 Å². The van der Waals surface area contributed by atoms with Gasteiger partial charge in [-0.3, -0.25) is 0 Å². The van der Waals surface area contributed by atoms with Gasteiger partial charge in [-0.1, -0.05) is 24.6 Å². The molecule has 0 atom stereocenters. The summed E-state index contributed by atoms with van der Waals surface area (Å²) in [6.45, 7) is 4.19. The molecular formula is C20H22N2O3S. The number of aryl methyl sites for hydroxylation is 1. The van der Waals surface area contributed by atoms with E-state index in [2.05, 4.69) is 18.4 Å². The molecule has 0 amide bonds. The van der Waals surface area contributed by atoms with Crippen LogP contribution >= 0.6 is 11.8 Å². The first-order valence-electron chi connectivity index (χ1n) is 8.97. The molecule has 1 N–H and O–H groups in total. The average Bonchev–Trinajstić information content (AvgIpc) is 3.21. The fourth-order valence-corrected chi connectivity index (χ4v) is 4.92. The fourth-order valence-electron chi connectivity index (χ4n) is 3.77. The Morgan fingerprint density at radius 1 is 1.27 bits per heavy atom. The lowest BCUT2D eigenvalue weighted by molar-refractivity contribution is 0.471. The predicted octanol–water partition coefficient (Wildman–Crippen LogP) is 4.72. The third kappa shape index (κ3) is 3.14. The molecule has 1 aliphatic rings. The fraction of sp³-hybridized carbons (Fsp3) is 0.400. The third-order valence-electron chi connectivity index (χ3n) is 5.21. The molecule has 1 saturated carbocycles. The summed E-state index contributed by atoms with van der Waals surface area (Å²) < 4.78 is 7.60. The molecule has 1 aromatic carbocycles. The minimum atomic E-state index is -0.398. The van der Waals surface area contributed by atoms with Crippen LogP contribution in [-0.2, 0) is 5.75 Å². The van der Waals surface area contributed by atoms with E-state index >= 15 is 0 Å². The number of nitrogens with zero attached hydrogens (tertiary/aromatic N) is 2. The molecule has 26 heavy (non-hydrogen) atoms. The van der Waals surface area contributed by atoms with E-state index in [1.165, 1.54) is 43.5 Å². The van der Waals surface area contributed by atoms with Crippen molar-refractivity contribution in [2.75, 3.05) is 0 Å². The molecule has 0 aliphatic heterocycles. The summed E-state index contributed by atoms with van der Waals surface area (Å²) in [6.07, 6.45) is 4.97. The summed E-state index contributed by atoms with van der Waals surface area (Å²) >= 11 is 1.66. The largest absolute Gasteiger partial charge is 0.508 e. The van der Waals surface area contributed by atoms with Crippen molar-refractivity contribution in [1.82, 2.24) is 9.55 Å². The highest BCUT2D eigenvalue weighted by Crippen LogP contribution is 2.36. The summed E-state index contributed by atoms with van der Waals surface area (Å²) in [5, 5.41) is 11.5. The molecular weight excluding hydrogens is 348 g/mol. The van der Waals surface area contributed by atoms with E-state index in [9.17, 15) is 9.90 Å². The topological polar surface area (TPSA) is 68.3 Å². The van der Waals surface area contributed by atoms with Gasteiger partial charge in [0, 0.05) is 35.0 Å². The standard InChI is InChI=1S/C20H22N2O3S/c1-12-13(2)22(15-5-3-4-6-15)20(21-12)26-11-14-9-19(24)25-18-10-16(23)7-8-17(14)18/h7-10,15,23H,3-6,11H2,1-2H3. The van der Waals surface area contributed by atoms with E-state index < -0.39 is 5.63 Å². The molecule has 2 aromatic heterocycles. The van der Waals surface area contributed by atoms with Crippen molar-refractivity contribution in [3.05, 3.63) is 51.6 Å². The summed E-state index contributed by atoms with van der Waals surface area (Å²) in [5.74, 6) is 0.726. The maximum Gasteiger partial charge on any atom is 0.336 e. The van der Waals surface area contributed by atoms with Crippen LogP contribution in [0.5, 0.6) is 5.75 Å². The van der Waals surface area contributed by atoms with Crippen molar-refractivity contribution >= 4 is 22.7 Å². The Hall–Kier alpha value is -2.21. The summed E-state index contributed by atoms with van der Waals surface area (Å²) in [6, 6.07) is 6.97. The summed E-state index contributed by atoms with van der Waals surface area (Å²) in [4.78, 5) is 16.7. The van der Waals surface area contributed by atoms with E-state index in [4.69, 9.17) is 9.40 Å². The van der Waals surface area contributed by atoms with E-state index in [0.717, 1.165) is 21.8 Å². The highest BCUT2D eigenvalue weighted by atomic mass is 32.2. The van der Waals surface area contributed by atoms with Gasteiger partial charge in [-0.05, 0) is 44.4 Å². The van der Waals surface area contributed by atoms with Crippen molar-refractivity contribution in [2.24, 2.45) is 0 Å². The van der Waals surface area contributed by atoms with Crippen LogP contribution in [0.4, 0.5) is 0 Å². The molecule has 3 aromatic rings. The van der Waals surface area contributed by atoms with Gasteiger partial charge >= 0.3 is 5.63 Å². The number of phenolic OH excluding ortho intramolecular Hbond substituents is 1. The highest BCUT2D eigenvalue weighted by molar-refractivity contribution is 7.98. The molecule has 4 rings (SSSR count). The maximum atomic E-state index is 11.9. The maximum absolute atomic E-state index is 11.9. The van der Waals surface area contributed by atoms with Gasteiger partial charge in [-0.15, -0.1) is 0 Å². The number of rotatable bonds is 4. The molecule has 0 radical (unpaired) electrons. The van der Waals surface area contributed by atoms with Crippen molar-refractivity contribution in [1.29, 1.82) is 0 Å². The SMILES string of the molecule is Cc1nc(SCc2cc(=O)oc3cc(O)ccc23)n(C2CCCC2)c1C. The van der Waals surface area contributed by atoms with Crippen LogP contribution in [0, 0.1) is 13.8 Å². The Morgan fingerprint density at radius 2 is 2.04 bits per heavy atom. The number of imidazole rings is 1. The van der Waals surface area contributed by atoms with Crippen LogP contribution in [0.2, 0.25) is 0 Å². The van der Waals surface area contributed by atoms with E-state index in [-0.39, 0.29) is 5.75 Å². The zero-order chi connectivity index (χ0) is 18.3. The zero-order valence-electron chi connectivity index (χ0n) is 15.0. The molecule has 0 bridgehead atoms. The highest BCUT2D eigenvalue weighted by Gasteiger charge is 2.23. The number of phenols is 1. The molecule has 1 aliphatic carbocycles. The lowest BCUT2D eigenvalue weighted by Gasteiger charge is -2.17. The molecule has 5 nitrogen and oxygen atoms in total. The Balaban J connectivity index is 1.67. The first-order valence-corrected chi connectivity index (χ1v) is 9.95. The Morgan fingerprint density at radius 3 is 2.81 bits per heavy atom. The second-order valence-corrected chi connectivity index (χ2v) is 7.88. The lowest BCUT2D eigenvalue weighted by Crippen LogP contribution is -2.08. The monoisotopic (exact) mass is 370 g/mol. The number of thioether (sulfide) groups is 1. The molecule has 0 unspecified atom stereocenters. The van der Waals surface area contributed by atoms with Crippen LogP contribution in [0.3, 0.4) is 0 Å². The van der Waals surface area contributed by atoms with Crippen LogP contribution in [0.25, 0.3) is 11.0 Å². The van der Waals surface area contributed by atoms with Crippen molar-refractivity contribution < 1.29 is 9.52 Å². The summed E-state index contributed by atoms with van der Waals surface area (Å²) in [7, 11) is 0. The molecule has 0 spiro atoms. The smallest absolute Gasteiger partial charge is 0.336 e. The quantitative estimate of drug-likeness (QED) is 0.532. The molecule has 136 valence electrons. The molecule has 0 saturated heterocycles. The first kappa shape index (κ1) is 17.2. The second-order valence-electron chi connectivity index (χ2n) is 6.93. The number of hydrogen-bond donors (Lipinski definition) is 1. The zero-order valence-corrected chi connectivity index (χ0v) is 15.8. The summed E-state index contributed by atoms with van der Waals surface area (Å²) in [5.41, 5.74) is 3.23. The molecule has 6 heteroatoms. The van der Waals surface area contributed by atoms with E-state index in [0.29, 0.717) is 17.4 Å². The number of hydrogen-bond acceptors (Lipinski definition) is 5. The first-order chi connectivity index (χ1) is 12.5. The Kier molecular flexibility index (Phi) is 4.53. The van der Waals surface area contributed by atoms with Crippen LogP contribution < -0.4 is 5.63 Å². The van der Waals surface area contributed by atoms with Crippen molar-refractivity contribution in [3.8, 4) is 5.75 Å². The minimum absolute atomic E-state index is 0.0912. The minimum Gasteiger partial charge on any atom is -0.508 e. The Bertz CT molecular complexity index is 1020. The van der Waals surface area contributed by atoms with Crippen LogP contribution in [0.1, 0.15) is 48.7 Å². The van der Waals surface area contributed by atoms with Gasteiger partial charge in [-0.2, -0.15) is 0 Å². The molecule has 2 heterocycles. The lowest BCUT2D eigenvalue weighted by atomic mass is 10.1. The number of aromatic hydroxyl groups is 1. The second kappa shape index (κ2) is 6.83. The van der Waals surface area contributed by atoms with Gasteiger partial charge in [0.15, 0.2) is 5.16 Å². The van der Waals surface area contributed by atoms with Gasteiger partial charge < -0.3 is 14.1 Å². The average molecular weight is 370 g/mol. The van der Waals surface area contributed by atoms with Crippen LogP contribution in [0.15, 0.2) is 38.6 Å². The number of benzene rings is 1. The number of fused-ring (bicyclic) bond motifs is 1. The molecule has 1 fully saturated rings. The predicted molar refractivity (Wildman–Crippen MR) is 103 cm³/mol. The Labute approximate surface area is 156 Å². The third-order valence-corrected chi connectivity index (χ3v) is 6.22.